The first-order valence-corrected chi connectivity index (χ1v) is 9.82. The molecule has 0 aliphatic carbocycles. The molecule has 6 heteroatoms. The minimum absolute atomic E-state index is 0.0164. The van der Waals surface area contributed by atoms with Crippen LogP contribution in [0.1, 0.15) is 23.6 Å². The molecule has 0 saturated heterocycles. The van der Waals surface area contributed by atoms with E-state index in [1.54, 1.807) is 24.3 Å². The summed E-state index contributed by atoms with van der Waals surface area (Å²) >= 11 is 9.59. The third-order valence-corrected chi connectivity index (χ3v) is 4.90. The number of allylic oxidation sites excluding steroid dienone is 1. The van der Waals surface area contributed by atoms with Crippen molar-refractivity contribution in [2.45, 2.75) is 20.3 Å². The van der Waals surface area contributed by atoms with Crippen LogP contribution in [-0.2, 0) is 11.2 Å². The summed E-state index contributed by atoms with van der Waals surface area (Å²) in [7, 11) is 0. The Morgan fingerprint density at radius 2 is 2.14 bits per heavy atom. The molecule has 0 spiro atoms. The lowest BCUT2D eigenvalue weighted by atomic mass is 10.0. The smallest absolute Gasteiger partial charge is 0.266 e. The summed E-state index contributed by atoms with van der Waals surface area (Å²) in [6.45, 7) is 8.08. The number of anilines is 1. The van der Waals surface area contributed by atoms with Gasteiger partial charge in [-0.1, -0.05) is 23.7 Å². The number of nitriles is 1. The van der Waals surface area contributed by atoms with Gasteiger partial charge in [-0.3, -0.25) is 4.79 Å². The molecular weight excluding hydrogens is 440 g/mol. The highest BCUT2D eigenvalue weighted by Gasteiger charge is 2.13. The predicted molar refractivity (Wildman–Crippen MR) is 118 cm³/mol. The van der Waals surface area contributed by atoms with E-state index in [9.17, 15) is 10.1 Å². The summed E-state index contributed by atoms with van der Waals surface area (Å²) < 4.78 is 6.43. The van der Waals surface area contributed by atoms with Crippen molar-refractivity contribution in [1.82, 2.24) is 0 Å². The lowest BCUT2D eigenvalue weighted by Gasteiger charge is -2.12. The Kier molecular flexibility index (Phi) is 7.86. The highest BCUT2D eigenvalue weighted by Crippen LogP contribution is 2.32. The monoisotopic (exact) mass is 458 g/mol. The molecule has 0 aromatic heterocycles. The first-order chi connectivity index (χ1) is 13.4. The lowest BCUT2D eigenvalue weighted by Crippen LogP contribution is -2.13. The first-order valence-electron chi connectivity index (χ1n) is 8.65. The molecule has 144 valence electrons. The minimum Gasteiger partial charge on any atom is -0.492 e. The molecule has 0 radical (unpaired) electrons. The maximum atomic E-state index is 12.5. The van der Waals surface area contributed by atoms with E-state index in [4.69, 9.17) is 16.3 Å². The predicted octanol–water partition coefficient (Wildman–Crippen LogP) is 6.08. The second kappa shape index (κ2) is 10.1. The van der Waals surface area contributed by atoms with Crippen LogP contribution in [0.25, 0.3) is 6.08 Å². The van der Waals surface area contributed by atoms with Crippen molar-refractivity contribution in [2.24, 2.45) is 0 Å². The molecule has 0 heterocycles. The van der Waals surface area contributed by atoms with E-state index in [1.807, 2.05) is 32.0 Å². The van der Waals surface area contributed by atoms with Crippen LogP contribution in [0, 0.1) is 18.3 Å². The van der Waals surface area contributed by atoms with E-state index in [1.165, 1.54) is 6.08 Å². The third kappa shape index (κ3) is 5.48. The third-order valence-electron chi connectivity index (χ3n) is 3.90. The van der Waals surface area contributed by atoms with Crippen LogP contribution in [-0.4, -0.2) is 12.5 Å². The number of rotatable bonds is 7. The number of nitrogens with zero attached hydrogens (tertiary/aromatic N) is 1. The minimum atomic E-state index is -0.502. The molecule has 0 aliphatic heterocycles. The molecule has 1 N–H and O–H groups in total. The fraction of sp³-hybridized carbons (Fsp3) is 0.182. The molecule has 2 rings (SSSR count). The van der Waals surface area contributed by atoms with E-state index in [0.29, 0.717) is 29.3 Å². The average molecular weight is 460 g/mol. The van der Waals surface area contributed by atoms with Crippen molar-refractivity contribution < 1.29 is 9.53 Å². The Hall–Kier alpha value is -2.55. The van der Waals surface area contributed by atoms with Gasteiger partial charge in [-0.05, 0) is 83.2 Å². The molecule has 28 heavy (non-hydrogen) atoms. The molecule has 0 atom stereocenters. The number of carbonyl (C=O) groups is 1. The van der Waals surface area contributed by atoms with Crippen LogP contribution in [0.5, 0.6) is 5.75 Å². The Bertz CT molecular complexity index is 977. The second-order valence-corrected chi connectivity index (χ2v) is 7.27. The number of amides is 1. The van der Waals surface area contributed by atoms with E-state index in [0.717, 1.165) is 21.3 Å². The number of carbonyl (C=O) groups excluding carboxylic acids is 1. The highest BCUT2D eigenvalue weighted by molar-refractivity contribution is 9.10. The van der Waals surface area contributed by atoms with Crippen LogP contribution in [0.3, 0.4) is 0 Å². The summed E-state index contributed by atoms with van der Waals surface area (Å²) in [5.41, 5.74) is 3.05. The Balaban J connectivity index is 2.34. The van der Waals surface area contributed by atoms with Gasteiger partial charge in [-0.15, -0.1) is 6.58 Å². The summed E-state index contributed by atoms with van der Waals surface area (Å²) in [4.78, 5) is 12.5. The van der Waals surface area contributed by atoms with Gasteiger partial charge in [-0.25, -0.2) is 0 Å². The van der Waals surface area contributed by atoms with Gasteiger partial charge in [0.2, 0.25) is 0 Å². The maximum absolute atomic E-state index is 12.5. The molecule has 1 amide bonds. The van der Waals surface area contributed by atoms with Crippen LogP contribution in [0.4, 0.5) is 5.69 Å². The van der Waals surface area contributed by atoms with Crippen LogP contribution in [0.15, 0.2) is 53.0 Å². The normalized spacial score (nSPS) is 10.9. The lowest BCUT2D eigenvalue weighted by molar-refractivity contribution is -0.112. The molecular formula is C22H20BrClN2O2. The Morgan fingerprint density at radius 3 is 2.75 bits per heavy atom. The summed E-state index contributed by atoms with van der Waals surface area (Å²) in [5, 5.41) is 12.7. The van der Waals surface area contributed by atoms with E-state index < -0.39 is 5.91 Å². The molecule has 4 nitrogen and oxygen atoms in total. The second-order valence-electron chi connectivity index (χ2n) is 6.00. The topological polar surface area (TPSA) is 62.1 Å². The van der Waals surface area contributed by atoms with Crippen molar-refractivity contribution >= 4 is 45.2 Å². The summed E-state index contributed by atoms with van der Waals surface area (Å²) in [5.74, 6) is 0.231. The van der Waals surface area contributed by atoms with E-state index in [-0.39, 0.29) is 5.57 Å². The zero-order valence-electron chi connectivity index (χ0n) is 15.7. The van der Waals surface area contributed by atoms with Gasteiger partial charge in [0.25, 0.3) is 5.91 Å². The summed E-state index contributed by atoms with van der Waals surface area (Å²) in [6.07, 6.45) is 3.92. The average Bonchev–Trinajstić information content (AvgIpc) is 2.65. The molecule has 2 aromatic rings. The van der Waals surface area contributed by atoms with Crippen LogP contribution >= 0.6 is 27.5 Å². The first kappa shape index (κ1) is 21.7. The number of aryl methyl sites for hydroxylation is 1. The van der Waals surface area contributed by atoms with Crippen molar-refractivity contribution in [3.8, 4) is 11.8 Å². The van der Waals surface area contributed by atoms with Crippen molar-refractivity contribution in [3.05, 3.63) is 74.7 Å². The fourth-order valence-electron chi connectivity index (χ4n) is 2.55. The van der Waals surface area contributed by atoms with Crippen LogP contribution in [0.2, 0.25) is 5.02 Å². The maximum Gasteiger partial charge on any atom is 0.266 e. The largest absolute Gasteiger partial charge is 0.492 e. The molecule has 0 unspecified atom stereocenters. The zero-order valence-corrected chi connectivity index (χ0v) is 18.0. The van der Waals surface area contributed by atoms with Gasteiger partial charge < -0.3 is 10.1 Å². The molecule has 0 fully saturated rings. The van der Waals surface area contributed by atoms with Crippen molar-refractivity contribution in [2.75, 3.05) is 11.9 Å². The van der Waals surface area contributed by atoms with Gasteiger partial charge in [0, 0.05) is 10.7 Å². The van der Waals surface area contributed by atoms with Gasteiger partial charge in [0.05, 0.1) is 11.1 Å². The van der Waals surface area contributed by atoms with Gasteiger partial charge in [-0.2, -0.15) is 5.26 Å². The molecule has 2 aromatic carbocycles. The summed E-state index contributed by atoms with van der Waals surface area (Å²) in [6, 6.07) is 10.8. The fourth-order valence-corrected chi connectivity index (χ4v) is 3.37. The van der Waals surface area contributed by atoms with Crippen molar-refractivity contribution in [1.29, 1.82) is 5.26 Å². The van der Waals surface area contributed by atoms with E-state index >= 15 is 0 Å². The Labute approximate surface area is 178 Å². The number of halogens is 2. The quantitative estimate of drug-likeness (QED) is 0.310. The molecule has 0 saturated carbocycles. The van der Waals surface area contributed by atoms with E-state index in [2.05, 4.69) is 27.8 Å². The standard InChI is InChI=1S/C22H20BrClN2O2/c1-4-6-16-9-15(11-19(23)21(16)28-5-2)10-17(13-25)22(27)26-18-8-7-14(3)20(24)12-18/h4,7-12H,1,5-6H2,2-3H3,(H,26,27)/b17-10-. The number of hydrogen-bond acceptors (Lipinski definition) is 3. The van der Waals surface area contributed by atoms with Crippen LogP contribution < -0.4 is 10.1 Å². The van der Waals surface area contributed by atoms with Crippen molar-refractivity contribution in [3.63, 3.8) is 0 Å². The number of ether oxygens (including phenoxy) is 1. The SMILES string of the molecule is C=CCc1cc(/C=C(/C#N)C(=O)Nc2ccc(C)c(Cl)c2)cc(Br)c1OCC. The number of nitrogens with one attached hydrogen (secondary N) is 1. The number of hydrogen-bond donors (Lipinski definition) is 1. The highest BCUT2D eigenvalue weighted by atomic mass is 79.9. The molecule has 0 bridgehead atoms. The van der Waals surface area contributed by atoms with Gasteiger partial charge in [0.15, 0.2) is 0 Å². The van der Waals surface area contributed by atoms with Gasteiger partial charge >= 0.3 is 0 Å². The zero-order chi connectivity index (χ0) is 20.7. The van der Waals surface area contributed by atoms with Gasteiger partial charge in [0.1, 0.15) is 17.4 Å². The Morgan fingerprint density at radius 1 is 1.39 bits per heavy atom. The number of benzene rings is 2. The molecule has 0 aliphatic rings.